The van der Waals surface area contributed by atoms with Crippen LogP contribution in [-0.4, -0.2) is 17.8 Å². The molecule has 2 heteroatoms. The summed E-state index contributed by atoms with van der Waals surface area (Å²) >= 11 is 0. The highest BCUT2D eigenvalue weighted by Gasteiger charge is 2.23. The van der Waals surface area contributed by atoms with Gasteiger partial charge in [0.1, 0.15) is 0 Å². The molecule has 56 valence electrons. The molecule has 0 aromatic heterocycles. The van der Waals surface area contributed by atoms with Crippen LogP contribution in [0.15, 0.2) is 0 Å². The molecule has 0 aliphatic heterocycles. The van der Waals surface area contributed by atoms with Crippen LogP contribution in [0.3, 0.4) is 0 Å². The van der Waals surface area contributed by atoms with Gasteiger partial charge in [-0.3, -0.25) is 0 Å². The molecule has 0 bridgehead atoms. The van der Waals surface area contributed by atoms with Crippen molar-refractivity contribution in [3.8, 4) is 0 Å². The second-order valence-corrected chi connectivity index (χ2v) is 3.09. The maximum Gasteiger partial charge on any atom is 0.0713 e. The third kappa shape index (κ3) is 2.33. The van der Waals surface area contributed by atoms with E-state index in [4.69, 9.17) is 5.73 Å². The van der Waals surface area contributed by atoms with E-state index >= 15 is 0 Å². The first-order chi connectivity index (χ1) is 4.04. The zero-order chi connectivity index (χ0) is 7.49. The van der Waals surface area contributed by atoms with Gasteiger partial charge < -0.3 is 10.8 Å². The zero-order valence-corrected chi connectivity index (χ0v) is 6.52. The molecule has 2 nitrogen and oxygen atoms in total. The van der Waals surface area contributed by atoms with Crippen LogP contribution in [0.1, 0.15) is 27.2 Å². The molecule has 0 aliphatic rings. The summed E-state index contributed by atoms with van der Waals surface area (Å²) in [6, 6.07) is 0. The lowest BCUT2D eigenvalue weighted by atomic mass is 9.84. The predicted octanol–water partition coefficient (Wildman–Crippen LogP) is 0.742. The molecule has 9 heavy (non-hydrogen) atoms. The minimum absolute atomic E-state index is 0.0191. The quantitative estimate of drug-likeness (QED) is 0.593. The summed E-state index contributed by atoms with van der Waals surface area (Å²) in [4.78, 5) is 0. The van der Waals surface area contributed by atoms with Gasteiger partial charge >= 0.3 is 0 Å². The largest absolute Gasteiger partial charge is 0.391 e. The maximum atomic E-state index is 9.26. The van der Waals surface area contributed by atoms with Gasteiger partial charge in [-0.05, 0) is 11.8 Å². The molecule has 0 rings (SSSR count). The van der Waals surface area contributed by atoms with Crippen molar-refractivity contribution in [3.63, 3.8) is 0 Å². The number of aliphatic hydroxyl groups excluding tert-OH is 1. The van der Waals surface area contributed by atoms with Crippen LogP contribution in [0, 0.1) is 5.41 Å². The van der Waals surface area contributed by atoms with E-state index in [1.54, 1.807) is 0 Å². The van der Waals surface area contributed by atoms with Crippen molar-refractivity contribution < 1.29 is 5.11 Å². The minimum Gasteiger partial charge on any atom is -0.391 e. The van der Waals surface area contributed by atoms with E-state index in [0.717, 1.165) is 6.42 Å². The second-order valence-electron chi connectivity index (χ2n) is 3.09. The van der Waals surface area contributed by atoms with Gasteiger partial charge in [-0.2, -0.15) is 0 Å². The van der Waals surface area contributed by atoms with Crippen LogP contribution in [0.2, 0.25) is 0 Å². The first-order valence-corrected chi connectivity index (χ1v) is 3.42. The Balaban J connectivity index is 3.80. The van der Waals surface area contributed by atoms with Crippen molar-refractivity contribution in [2.24, 2.45) is 11.1 Å². The predicted molar refractivity (Wildman–Crippen MR) is 39.1 cm³/mol. The van der Waals surface area contributed by atoms with Crippen LogP contribution in [-0.2, 0) is 0 Å². The Morgan fingerprint density at radius 3 is 2.11 bits per heavy atom. The average Bonchev–Trinajstić information content (AvgIpc) is 1.86. The van der Waals surface area contributed by atoms with E-state index in [0.29, 0.717) is 6.54 Å². The van der Waals surface area contributed by atoms with Crippen LogP contribution in [0.5, 0.6) is 0 Å². The standard InChI is InChI=1S/C7H17NO/c1-4-7(2,3)6(9)5-8/h6,9H,4-5,8H2,1-3H3/t6-/m1/s1. The molecule has 3 N–H and O–H groups in total. The van der Waals surface area contributed by atoms with Crippen molar-refractivity contribution >= 4 is 0 Å². The normalized spacial score (nSPS) is 15.7. The molecule has 0 radical (unpaired) electrons. The van der Waals surface area contributed by atoms with E-state index in [1.807, 2.05) is 13.8 Å². The molecule has 0 saturated carbocycles. The summed E-state index contributed by atoms with van der Waals surface area (Å²) in [5.74, 6) is 0. The lowest BCUT2D eigenvalue weighted by Crippen LogP contribution is -2.35. The van der Waals surface area contributed by atoms with Gasteiger partial charge in [-0.25, -0.2) is 0 Å². The summed E-state index contributed by atoms with van der Waals surface area (Å²) in [7, 11) is 0. The van der Waals surface area contributed by atoms with Gasteiger partial charge in [0.05, 0.1) is 6.10 Å². The molecular formula is C7H17NO. The highest BCUT2D eigenvalue weighted by molar-refractivity contribution is 4.76. The van der Waals surface area contributed by atoms with Crippen molar-refractivity contribution in [3.05, 3.63) is 0 Å². The number of hydrogen-bond donors (Lipinski definition) is 2. The Bertz CT molecular complexity index is 81.0. The Morgan fingerprint density at radius 2 is 2.00 bits per heavy atom. The minimum atomic E-state index is -0.359. The summed E-state index contributed by atoms with van der Waals surface area (Å²) in [5.41, 5.74) is 5.26. The number of nitrogens with two attached hydrogens (primary N) is 1. The smallest absolute Gasteiger partial charge is 0.0713 e. The van der Waals surface area contributed by atoms with Crippen molar-refractivity contribution in [2.75, 3.05) is 6.54 Å². The SMILES string of the molecule is CCC(C)(C)[C@H](O)CN. The molecule has 0 aromatic carbocycles. The van der Waals surface area contributed by atoms with Gasteiger partial charge in [-0.15, -0.1) is 0 Å². The van der Waals surface area contributed by atoms with E-state index in [9.17, 15) is 5.11 Å². The first-order valence-electron chi connectivity index (χ1n) is 3.42. The molecule has 0 saturated heterocycles. The molecule has 0 unspecified atom stereocenters. The Kier molecular flexibility index (Phi) is 3.15. The van der Waals surface area contributed by atoms with Gasteiger partial charge in [0.25, 0.3) is 0 Å². The highest BCUT2D eigenvalue weighted by atomic mass is 16.3. The Labute approximate surface area is 57.1 Å². The molecule has 0 spiro atoms. The van der Waals surface area contributed by atoms with Crippen molar-refractivity contribution in [2.45, 2.75) is 33.3 Å². The van der Waals surface area contributed by atoms with Crippen LogP contribution >= 0.6 is 0 Å². The first kappa shape index (κ1) is 8.92. The summed E-state index contributed by atoms with van der Waals surface area (Å²) < 4.78 is 0. The fourth-order valence-corrected chi connectivity index (χ4v) is 0.555. The van der Waals surface area contributed by atoms with Crippen LogP contribution in [0.25, 0.3) is 0 Å². The van der Waals surface area contributed by atoms with Gasteiger partial charge in [0, 0.05) is 6.54 Å². The monoisotopic (exact) mass is 131 g/mol. The van der Waals surface area contributed by atoms with E-state index in [2.05, 4.69) is 6.92 Å². The summed E-state index contributed by atoms with van der Waals surface area (Å²) in [6.45, 7) is 6.45. The maximum absolute atomic E-state index is 9.26. The molecule has 0 heterocycles. The van der Waals surface area contributed by atoms with E-state index < -0.39 is 0 Å². The Hall–Kier alpha value is -0.0800. The second kappa shape index (κ2) is 3.18. The van der Waals surface area contributed by atoms with Crippen molar-refractivity contribution in [1.29, 1.82) is 0 Å². The average molecular weight is 131 g/mol. The molecular weight excluding hydrogens is 114 g/mol. The lowest BCUT2D eigenvalue weighted by Gasteiger charge is -2.27. The summed E-state index contributed by atoms with van der Waals surface area (Å²) in [6.07, 6.45) is 0.605. The lowest BCUT2D eigenvalue weighted by molar-refractivity contribution is 0.0549. The summed E-state index contributed by atoms with van der Waals surface area (Å²) in [5, 5.41) is 9.26. The van der Waals surface area contributed by atoms with Gasteiger partial charge in [0.15, 0.2) is 0 Å². The van der Waals surface area contributed by atoms with E-state index in [1.165, 1.54) is 0 Å². The fraction of sp³-hybridized carbons (Fsp3) is 1.00. The van der Waals surface area contributed by atoms with Crippen LogP contribution < -0.4 is 5.73 Å². The van der Waals surface area contributed by atoms with Gasteiger partial charge in [0.2, 0.25) is 0 Å². The highest BCUT2D eigenvalue weighted by Crippen LogP contribution is 2.23. The van der Waals surface area contributed by atoms with Crippen LogP contribution in [0.4, 0.5) is 0 Å². The topological polar surface area (TPSA) is 46.2 Å². The molecule has 1 atom stereocenters. The third-order valence-corrected chi connectivity index (χ3v) is 2.04. The third-order valence-electron chi connectivity index (χ3n) is 2.04. The molecule has 0 fully saturated rings. The molecule has 0 aliphatic carbocycles. The Morgan fingerprint density at radius 1 is 1.56 bits per heavy atom. The van der Waals surface area contributed by atoms with E-state index in [-0.39, 0.29) is 11.5 Å². The fourth-order valence-electron chi connectivity index (χ4n) is 0.555. The number of aliphatic hydroxyl groups is 1. The van der Waals surface area contributed by atoms with Gasteiger partial charge in [-0.1, -0.05) is 20.8 Å². The number of hydrogen-bond acceptors (Lipinski definition) is 2. The molecule has 0 amide bonds. The van der Waals surface area contributed by atoms with Crippen molar-refractivity contribution in [1.82, 2.24) is 0 Å². The molecule has 0 aromatic rings. The zero-order valence-electron chi connectivity index (χ0n) is 6.52. The number of rotatable bonds is 3.